The number of anilines is 1. The molecule has 0 aliphatic rings. The normalized spacial score (nSPS) is 10.0. The van der Waals surface area contributed by atoms with Crippen LogP contribution in [0.1, 0.15) is 5.56 Å². The topological polar surface area (TPSA) is 76.8 Å². The van der Waals surface area contributed by atoms with E-state index >= 15 is 0 Å². The number of hydrogen-bond donors (Lipinski definition) is 2. The highest BCUT2D eigenvalue weighted by atomic mass is 32.1. The van der Waals surface area contributed by atoms with Crippen LogP contribution in [0, 0.1) is 5.82 Å². The molecule has 2 rings (SSSR count). The minimum atomic E-state index is -0.400. The van der Waals surface area contributed by atoms with Crippen LogP contribution in [0.2, 0.25) is 0 Å². The van der Waals surface area contributed by atoms with E-state index in [9.17, 15) is 9.18 Å². The maximum absolute atomic E-state index is 13.0. The third kappa shape index (κ3) is 4.80. The number of carbonyl (C=O) groups excluding carboxylic acids is 1. The van der Waals surface area contributed by atoms with Crippen LogP contribution in [0.3, 0.4) is 0 Å². The Bertz CT molecular complexity index is 768. The van der Waals surface area contributed by atoms with Gasteiger partial charge in [0.15, 0.2) is 16.6 Å². The van der Waals surface area contributed by atoms with Crippen molar-refractivity contribution < 1.29 is 18.7 Å². The summed E-state index contributed by atoms with van der Waals surface area (Å²) in [4.78, 5) is 12.3. The third-order valence-corrected chi connectivity index (χ3v) is 3.54. The van der Waals surface area contributed by atoms with Gasteiger partial charge in [0, 0.05) is 0 Å². The second-order valence-corrected chi connectivity index (χ2v) is 5.47. The standard InChI is InChI=1S/C17H18FN3O3S/c1-23-14-8-3-11(9-15(14)24-2)10-16(22)20-21(17(19)25)13-6-4-12(18)5-7-13/h3-9H,10H2,1-2H3,(H2,19,25)(H,20,22). The molecular formula is C17H18FN3O3S. The van der Waals surface area contributed by atoms with Gasteiger partial charge in [0.2, 0.25) is 5.91 Å². The first-order valence-corrected chi connectivity index (χ1v) is 7.71. The number of benzene rings is 2. The van der Waals surface area contributed by atoms with Crippen molar-refractivity contribution in [2.75, 3.05) is 19.2 Å². The fraction of sp³-hybridized carbons (Fsp3) is 0.176. The highest BCUT2D eigenvalue weighted by Crippen LogP contribution is 2.27. The number of hydrogen-bond acceptors (Lipinski definition) is 4. The Labute approximate surface area is 150 Å². The number of methoxy groups -OCH3 is 2. The van der Waals surface area contributed by atoms with Crippen molar-refractivity contribution in [3.8, 4) is 11.5 Å². The summed E-state index contributed by atoms with van der Waals surface area (Å²) < 4.78 is 23.4. The zero-order valence-corrected chi connectivity index (χ0v) is 14.6. The lowest BCUT2D eigenvalue weighted by Gasteiger charge is -2.23. The Kier molecular flexibility index (Phi) is 6.13. The van der Waals surface area contributed by atoms with Gasteiger partial charge in [-0.15, -0.1) is 0 Å². The number of amides is 1. The Morgan fingerprint density at radius 1 is 1.16 bits per heavy atom. The first-order chi connectivity index (χ1) is 11.9. The number of nitrogens with zero attached hydrogens (tertiary/aromatic N) is 1. The maximum Gasteiger partial charge on any atom is 0.243 e. The largest absolute Gasteiger partial charge is 0.493 e. The van der Waals surface area contributed by atoms with Gasteiger partial charge >= 0.3 is 0 Å². The minimum Gasteiger partial charge on any atom is -0.493 e. The molecule has 3 N–H and O–H groups in total. The Morgan fingerprint density at radius 3 is 2.36 bits per heavy atom. The summed E-state index contributed by atoms with van der Waals surface area (Å²) in [6.45, 7) is 0. The van der Waals surface area contributed by atoms with E-state index in [4.69, 9.17) is 27.4 Å². The molecule has 1 amide bonds. The minimum absolute atomic E-state index is 0.0627. The van der Waals surface area contributed by atoms with Crippen LogP contribution in [0.25, 0.3) is 0 Å². The van der Waals surface area contributed by atoms with Crippen LogP contribution in [0.5, 0.6) is 11.5 Å². The van der Waals surface area contributed by atoms with Gasteiger partial charge in [0.25, 0.3) is 0 Å². The van der Waals surface area contributed by atoms with E-state index in [0.717, 1.165) is 5.56 Å². The SMILES string of the molecule is COc1ccc(CC(=O)NN(C(N)=S)c2ccc(F)cc2)cc1OC. The molecule has 6 nitrogen and oxygen atoms in total. The number of nitrogens with two attached hydrogens (primary N) is 1. The summed E-state index contributed by atoms with van der Waals surface area (Å²) in [5, 5.41) is 1.16. The quantitative estimate of drug-likeness (QED) is 0.626. The number of rotatable bonds is 5. The van der Waals surface area contributed by atoms with Gasteiger partial charge in [-0.2, -0.15) is 0 Å². The molecule has 0 spiro atoms. The lowest BCUT2D eigenvalue weighted by atomic mass is 10.1. The molecule has 0 saturated heterocycles. The molecule has 0 radical (unpaired) electrons. The van der Waals surface area contributed by atoms with Gasteiger partial charge in [0.05, 0.1) is 26.3 Å². The summed E-state index contributed by atoms with van der Waals surface area (Å²) >= 11 is 4.95. The smallest absolute Gasteiger partial charge is 0.243 e. The molecule has 25 heavy (non-hydrogen) atoms. The van der Waals surface area contributed by atoms with Crippen LogP contribution in [0.15, 0.2) is 42.5 Å². The highest BCUT2D eigenvalue weighted by Gasteiger charge is 2.14. The van der Waals surface area contributed by atoms with E-state index < -0.39 is 5.82 Å². The average Bonchev–Trinajstić information content (AvgIpc) is 2.60. The van der Waals surface area contributed by atoms with Crippen molar-refractivity contribution >= 4 is 28.9 Å². The zero-order chi connectivity index (χ0) is 18.4. The van der Waals surface area contributed by atoms with E-state index in [1.807, 2.05) is 0 Å². The van der Waals surface area contributed by atoms with E-state index in [-0.39, 0.29) is 17.4 Å². The molecule has 8 heteroatoms. The molecule has 0 heterocycles. The zero-order valence-electron chi connectivity index (χ0n) is 13.8. The number of carbonyl (C=O) groups is 1. The fourth-order valence-corrected chi connectivity index (χ4v) is 2.33. The van der Waals surface area contributed by atoms with Gasteiger partial charge in [-0.3, -0.25) is 10.2 Å². The summed E-state index contributed by atoms with van der Waals surface area (Å²) in [6, 6.07) is 10.6. The van der Waals surface area contributed by atoms with Crippen molar-refractivity contribution in [2.24, 2.45) is 5.73 Å². The Hall–Kier alpha value is -2.87. The van der Waals surface area contributed by atoms with E-state index in [1.165, 1.54) is 43.5 Å². The maximum atomic E-state index is 13.0. The molecule has 132 valence electrons. The molecule has 0 saturated carbocycles. The van der Waals surface area contributed by atoms with Gasteiger partial charge in [-0.1, -0.05) is 6.07 Å². The lowest BCUT2D eigenvalue weighted by Crippen LogP contribution is -2.49. The molecule has 2 aromatic rings. The lowest BCUT2D eigenvalue weighted by molar-refractivity contribution is -0.120. The first-order valence-electron chi connectivity index (χ1n) is 7.30. The predicted octanol–water partition coefficient (Wildman–Crippen LogP) is 2.17. The number of halogens is 1. The van der Waals surface area contributed by atoms with Gasteiger partial charge < -0.3 is 15.2 Å². The second-order valence-electron chi connectivity index (χ2n) is 5.05. The summed E-state index contributed by atoms with van der Waals surface area (Å²) in [7, 11) is 3.05. The van der Waals surface area contributed by atoms with Crippen LogP contribution in [-0.4, -0.2) is 25.2 Å². The molecule has 0 aliphatic carbocycles. The number of thiocarbonyl (C=S) groups is 1. The molecular weight excluding hydrogens is 345 g/mol. The number of ether oxygens (including phenoxy) is 2. The predicted molar refractivity (Wildman–Crippen MR) is 97.1 cm³/mol. The van der Waals surface area contributed by atoms with E-state index in [0.29, 0.717) is 17.2 Å². The van der Waals surface area contributed by atoms with Crippen LogP contribution >= 0.6 is 12.2 Å². The van der Waals surface area contributed by atoms with Crippen LogP contribution in [0.4, 0.5) is 10.1 Å². The molecule has 0 aromatic heterocycles. The van der Waals surface area contributed by atoms with Gasteiger partial charge in [-0.05, 0) is 54.2 Å². The van der Waals surface area contributed by atoms with Crippen molar-refractivity contribution in [2.45, 2.75) is 6.42 Å². The molecule has 0 aliphatic heterocycles. The van der Waals surface area contributed by atoms with Gasteiger partial charge in [0.1, 0.15) is 5.82 Å². The molecule has 0 atom stereocenters. The first kappa shape index (κ1) is 18.5. The van der Waals surface area contributed by atoms with Crippen molar-refractivity contribution in [3.63, 3.8) is 0 Å². The second kappa shape index (κ2) is 8.29. The average molecular weight is 363 g/mol. The van der Waals surface area contributed by atoms with Crippen LogP contribution < -0.4 is 25.6 Å². The van der Waals surface area contributed by atoms with Crippen molar-refractivity contribution in [3.05, 3.63) is 53.8 Å². The third-order valence-electron chi connectivity index (χ3n) is 3.35. The fourth-order valence-electron chi connectivity index (χ4n) is 2.18. The summed E-state index contributed by atoms with van der Waals surface area (Å²) in [5.74, 6) is 0.355. The van der Waals surface area contributed by atoms with Crippen molar-refractivity contribution in [1.29, 1.82) is 0 Å². The van der Waals surface area contributed by atoms with E-state index in [2.05, 4.69) is 5.43 Å². The number of nitrogens with one attached hydrogen (secondary N) is 1. The Balaban J connectivity index is 2.11. The molecule has 2 aromatic carbocycles. The monoisotopic (exact) mass is 363 g/mol. The number of hydrazine groups is 1. The van der Waals surface area contributed by atoms with E-state index in [1.54, 1.807) is 18.2 Å². The Morgan fingerprint density at radius 2 is 1.80 bits per heavy atom. The highest BCUT2D eigenvalue weighted by molar-refractivity contribution is 7.80. The van der Waals surface area contributed by atoms with Crippen LogP contribution in [-0.2, 0) is 11.2 Å². The van der Waals surface area contributed by atoms with Gasteiger partial charge in [-0.25, -0.2) is 9.40 Å². The molecule has 0 unspecified atom stereocenters. The molecule has 0 fully saturated rings. The summed E-state index contributed by atoms with van der Waals surface area (Å²) in [6.07, 6.45) is 0.0701. The molecule has 0 bridgehead atoms. The summed E-state index contributed by atoms with van der Waals surface area (Å²) in [5.41, 5.74) is 9.42. The van der Waals surface area contributed by atoms with Crippen molar-refractivity contribution in [1.82, 2.24) is 5.43 Å².